The smallest absolute Gasteiger partial charge is 0.246 e. The molecule has 0 unspecified atom stereocenters. The number of para-hydroxylation sites is 1. The lowest BCUT2D eigenvalue weighted by atomic mass is 10.1. The highest BCUT2D eigenvalue weighted by Crippen LogP contribution is 2.37. The quantitative estimate of drug-likeness (QED) is 0.294. The third-order valence-corrected chi connectivity index (χ3v) is 6.86. The van der Waals surface area contributed by atoms with E-state index in [1.54, 1.807) is 30.6 Å². The molecule has 0 aliphatic carbocycles. The maximum Gasteiger partial charge on any atom is 0.246 e. The largest absolute Gasteiger partial charge is 0.352 e. The van der Waals surface area contributed by atoms with Gasteiger partial charge in [0, 0.05) is 49.7 Å². The summed E-state index contributed by atoms with van der Waals surface area (Å²) >= 11 is 0. The third kappa shape index (κ3) is 4.66. The molecule has 0 radical (unpaired) electrons. The van der Waals surface area contributed by atoms with Crippen LogP contribution < -0.4 is 4.90 Å². The van der Waals surface area contributed by atoms with Crippen molar-refractivity contribution < 1.29 is 9.18 Å². The fourth-order valence-corrected chi connectivity index (χ4v) is 4.89. The summed E-state index contributed by atoms with van der Waals surface area (Å²) in [7, 11) is 0. The number of fused-ring (bicyclic) bond motifs is 1. The van der Waals surface area contributed by atoms with Crippen molar-refractivity contribution in [2.75, 3.05) is 31.1 Å². The summed E-state index contributed by atoms with van der Waals surface area (Å²) in [5.74, 6) is 0.525. The van der Waals surface area contributed by atoms with Crippen LogP contribution in [0.25, 0.3) is 33.9 Å². The number of hydrogen-bond acceptors (Lipinski definition) is 4. The van der Waals surface area contributed by atoms with Gasteiger partial charge in [0.1, 0.15) is 18.0 Å². The van der Waals surface area contributed by atoms with Crippen molar-refractivity contribution in [1.29, 1.82) is 0 Å². The van der Waals surface area contributed by atoms with Gasteiger partial charge in [-0.3, -0.25) is 4.79 Å². The van der Waals surface area contributed by atoms with Crippen molar-refractivity contribution in [3.8, 4) is 16.8 Å². The van der Waals surface area contributed by atoms with Crippen molar-refractivity contribution in [2.24, 2.45) is 0 Å². The van der Waals surface area contributed by atoms with Gasteiger partial charge in [-0.15, -0.1) is 0 Å². The fraction of sp³-hybridized carbons (Fsp3) is 0.129. The first-order valence-corrected chi connectivity index (χ1v) is 12.6. The van der Waals surface area contributed by atoms with Crippen LogP contribution in [-0.2, 0) is 4.79 Å². The number of nitrogens with zero attached hydrogens (tertiary/aromatic N) is 5. The van der Waals surface area contributed by atoms with Crippen LogP contribution in [0, 0.1) is 5.82 Å². The van der Waals surface area contributed by atoms with Gasteiger partial charge in [0.25, 0.3) is 0 Å². The SMILES string of the molecule is O=C(/C=C/c1ccc(F)cc1)N1CCN(c2ncnc3c2c(-c2ccccc2)cn3-c2ccccc2)CC1. The van der Waals surface area contributed by atoms with Gasteiger partial charge in [-0.2, -0.15) is 0 Å². The van der Waals surface area contributed by atoms with Crippen molar-refractivity contribution in [1.82, 2.24) is 19.4 Å². The first kappa shape index (κ1) is 23.6. The second-order valence-corrected chi connectivity index (χ2v) is 9.21. The van der Waals surface area contributed by atoms with E-state index in [-0.39, 0.29) is 11.7 Å². The number of carbonyl (C=O) groups is 1. The van der Waals surface area contributed by atoms with Gasteiger partial charge in [-0.25, -0.2) is 14.4 Å². The van der Waals surface area contributed by atoms with Crippen molar-refractivity contribution >= 4 is 28.8 Å². The van der Waals surface area contributed by atoms with Crippen molar-refractivity contribution in [3.63, 3.8) is 0 Å². The van der Waals surface area contributed by atoms with E-state index in [0.29, 0.717) is 26.2 Å². The third-order valence-electron chi connectivity index (χ3n) is 6.86. The van der Waals surface area contributed by atoms with E-state index in [9.17, 15) is 9.18 Å². The summed E-state index contributed by atoms with van der Waals surface area (Å²) in [5, 5.41) is 0.999. The zero-order chi connectivity index (χ0) is 25.9. The molecule has 1 aliphatic heterocycles. The number of aromatic nitrogens is 3. The Labute approximate surface area is 220 Å². The number of rotatable bonds is 5. The van der Waals surface area contributed by atoms with Crippen molar-refractivity contribution in [3.05, 3.63) is 115 Å². The highest BCUT2D eigenvalue weighted by Gasteiger charge is 2.25. The van der Waals surface area contributed by atoms with Gasteiger partial charge in [0.15, 0.2) is 5.65 Å². The molecule has 1 amide bonds. The van der Waals surface area contributed by atoms with Crippen LogP contribution in [0.2, 0.25) is 0 Å². The Kier molecular flexibility index (Phi) is 6.40. The summed E-state index contributed by atoms with van der Waals surface area (Å²) in [5.41, 5.74) is 4.84. The van der Waals surface area contributed by atoms with Crippen LogP contribution >= 0.6 is 0 Å². The summed E-state index contributed by atoms with van der Waals surface area (Å²) in [6, 6.07) is 26.6. The van der Waals surface area contributed by atoms with E-state index in [1.807, 2.05) is 41.3 Å². The van der Waals surface area contributed by atoms with Crippen LogP contribution in [0.5, 0.6) is 0 Å². The number of carbonyl (C=O) groups excluding carboxylic acids is 1. The minimum Gasteiger partial charge on any atom is -0.352 e. The first-order chi connectivity index (χ1) is 18.7. The molecule has 5 aromatic rings. The maximum atomic E-state index is 13.1. The van der Waals surface area contributed by atoms with Gasteiger partial charge >= 0.3 is 0 Å². The molecule has 1 fully saturated rings. The highest BCUT2D eigenvalue weighted by molar-refractivity contribution is 6.02. The molecule has 7 heteroatoms. The maximum absolute atomic E-state index is 13.1. The fourth-order valence-electron chi connectivity index (χ4n) is 4.89. The first-order valence-electron chi connectivity index (χ1n) is 12.6. The van der Waals surface area contributed by atoms with E-state index in [2.05, 4.69) is 44.9 Å². The lowest BCUT2D eigenvalue weighted by Gasteiger charge is -2.35. The van der Waals surface area contributed by atoms with Gasteiger partial charge < -0.3 is 14.4 Å². The molecule has 0 spiro atoms. The molecular weight excluding hydrogens is 477 g/mol. The zero-order valence-corrected chi connectivity index (χ0v) is 20.7. The Morgan fingerprint density at radius 1 is 0.816 bits per heavy atom. The predicted octanol–water partition coefficient (Wildman–Crippen LogP) is 5.59. The monoisotopic (exact) mass is 503 g/mol. The van der Waals surface area contributed by atoms with E-state index >= 15 is 0 Å². The van der Waals surface area contributed by atoms with Crippen LogP contribution in [0.1, 0.15) is 5.56 Å². The number of piperazine rings is 1. The van der Waals surface area contributed by atoms with Gasteiger partial charge in [0.2, 0.25) is 5.91 Å². The Morgan fingerprint density at radius 2 is 1.50 bits per heavy atom. The average Bonchev–Trinajstić information content (AvgIpc) is 3.38. The Balaban J connectivity index is 1.29. The molecule has 0 N–H and O–H groups in total. The Hall–Kier alpha value is -4.78. The minimum atomic E-state index is -0.294. The number of anilines is 1. The summed E-state index contributed by atoms with van der Waals surface area (Å²) in [6.07, 6.45) is 7.03. The molecule has 188 valence electrons. The van der Waals surface area contributed by atoms with Gasteiger partial charge in [-0.1, -0.05) is 60.7 Å². The van der Waals surface area contributed by atoms with Crippen LogP contribution in [0.4, 0.5) is 10.2 Å². The molecule has 1 aliphatic rings. The highest BCUT2D eigenvalue weighted by atomic mass is 19.1. The van der Waals surface area contributed by atoms with Crippen LogP contribution in [-0.4, -0.2) is 51.5 Å². The van der Waals surface area contributed by atoms with Gasteiger partial charge in [0.05, 0.1) is 5.39 Å². The second kappa shape index (κ2) is 10.3. The molecule has 0 bridgehead atoms. The van der Waals surface area contributed by atoms with Gasteiger partial charge in [-0.05, 0) is 41.5 Å². The summed E-state index contributed by atoms with van der Waals surface area (Å²) < 4.78 is 15.3. The molecular formula is C31H26FN5O. The number of hydrogen-bond donors (Lipinski definition) is 0. The van der Waals surface area contributed by atoms with Crippen LogP contribution in [0.15, 0.2) is 104 Å². The summed E-state index contributed by atoms with van der Waals surface area (Å²) in [6.45, 7) is 2.48. The number of halogens is 1. The molecule has 0 saturated carbocycles. The van der Waals surface area contributed by atoms with E-state index < -0.39 is 0 Å². The van der Waals surface area contributed by atoms with Crippen LogP contribution in [0.3, 0.4) is 0 Å². The topological polar surface area (TPSA) is 54.3 Å². The average molecular weight is 504 g/mol. The van der Waals surface area contributed by atoms with E-state index in [0.717, 1.165) is 39.2 Å². The second-order valence-electron chi connectivity index (χ2n) is 9.21. The van der Waals surface area contributed by atoms with Crippen molar-refractivity contribution in [2.45, 2.75) is 0 Å². The minimum absolute atomic E-state index is 0.0537. The molecule has 6 rings (SSSR count). The van der Waals surface area contributed by atoms with E-state index in [4.69, 9.17) is 4.98 Å². The zero-order valence-electron chi connectivity index (χ0n) is 20.7. The lowest BCUT2D eigenvalue weighted by Crippen LogP contribution is -2.48. The lowest BCUT2D eigenvalue weighted by molar-refractivity contribution is -0.126. The molecule has 3 aromatic carbocycles. The molecule has 3 heterocycles. The number of amides is 1. The van der Waals surface area contributed by atoms with E-state index in [1.165, 1.54) is 12.1 Å². The number of benzene rings is 3. The predicted molar refractivity (Wildman–Crippen MR) is 149 cm³/mol. The molecule has 1 saturated heterocycles. The normalized spacial score (nSPS) is 13.9. The summed E-state index contributed by atoms with van der Waals surface area (Å²) in [4.78, 5) is 26.3. The molecule has 2 aromatic heterocycles. The Bertz CT molecular complexity index is 1590. The molecule has 0 atom stereocenters. The standard InChI is InChI=1S/C31H26FN5O/c32-25-14-11-23(12-15-25)13-16-28(38)35-17-19-36(20-18-35)30-29-27(24-7-3-1-4-8-24)21-37(31(29)34-22-33-30)26-9-5-2-6-10-26/h1-16,21-22H,17-20H2/b16-13+. The molecule has 38 heavy (non-hydrogen) atoms. The Morgan fingerprint density at radius 3 is 2.21 bits per heavy atom. The molecule has 6 nitrogen and oxygen atoms in total.